The van der Waals surface area contributed by atoms with E-state index in [-0.39, 0.29) is 17.4 Å². The molecule has 0 aromatic heterocycles. The highest BCUT2D eigenvalue weighted by atomic mass is 16.5. The fourth-order valence-corrected chi connectivity index (χ4v) is 3.13. The second-order valence-electron chi connectivity index (χ2n) is 5.96. The maximum absolute atomic E-state index is 11.4. The Labute approximate surface area is 136 Å². The molecule has 1 aliphatic rings. The Hall–Kier alpha value is -2.78. The van der Waals surface area contributed by atoms with Gasteiger partial charge < -0.3 is 10.5 Å². The van der Waals surface area contributed by atoms with E-state index < -0.39 is 22.7 Å². The molecule has 0 heterocycles. The largest absolute Gasteiger partial charge is 0.499 e. The van der Waals surface area contributed by atoms with Crippen molar-refractivity contribution in [2.75, 3.05) is 0 Å². The van der Waals surface area contributed by atoms with Crippen LogP contribution in [0.3, 0.4) is 0 Å². The minimum absolute atomic E-state index is 0.00713. The monoisotopic (exact) mass is 312 g/mol. The molecule has 0 unspecified atom stereocenters. The van der Waals surface area contributed by atoms with Crippen LogP contribution in [0.5, 0.6) is 0 Å². The first kappa shape index (κ1) is 18.3. The number of nitrogens with zero attached hydrogens (tertiary/aromatic N) is 3. The molecule has 3 atom stereocenters. The highest BCUT2D eigenvalue weighted by Gasteiger charge is 2.66. The van der Waals surface area contributed by atoms with Gasteiger partial charge in [-0.2, -0.15) is 15.8 Å². The summed E-state index contributed by atoms with van der Waals surface area (Å²) in [7, 11) is 0. The van der Waals surface area contributed by atoms with Crippen LogP contribution in [0.15, 0.2) is 23.6 Å². The number of hydrogen-bond acceptors (Lipinski definition) is 6. The fraction of sp³-hybridized carbons (Fsp3) is 0.529. The van der Waals surface area contributed by atoms with Crippen LogP contribution in [-0.2, 0) is 9.53 Å². The molecular formula is C17H20N4O2. The second kappa shape index (κ2) is 6.55. The molecule has 0 saturated heterocycles. The maximum atomic E-state index is 11.4. The van der Waals surface area contributed by atoms with Crippen molar-refractivity contribution in [1.29, 1.82) is 15.8 Å². The number of allylic oxidation sites excluding steroid dienone is 3. The van der Waals surface area contributed by atoms with Gasteiger partial charge in [0, 0.05) is 23.1 Å². The van der Waals surface area contributed by atoms with Gasteiger partial charge in [0.05, 0.1) is 30.6 Å². The van der Waals surface area contributed by atoms with Gasteiger partial charge in [0.25, 0.3) is 0 Å². The zero-order valence-electron chi connectivity index (χ0n) is 13.7. The van der Waals surface area contributed by atoms with Gasteiger partial charge in [0.1, 0.15) is 11.7 Å². The summed E-state index contributed by atoms with van der Waals surface area (Å²) in [5.41, 5.74) is 2.87. The molecule has 0 amide bonds. The number of carbonyl (C=O) groups excluding carboxylic acids is 1. The summed E-state index contributed by atoms with van der Waals surface area (Å²) in [6.07, 6.45) is 3.52. The number of ether oxygens (including phenoxy) is 1. The highest BCUT2D eigenvalue weighted by Crippen LogP contribution is 2.60. The average Bonchev–Trinajstić information content (AvgIpc) is 2.70. The van der Waals surface area contributed by atoms with Crippen LogP contribution < -0.4 is 5.73 Å². The van der Waals surface area contributed by atoms with E-state index >= 15 is 0 Å². The maximum Gasteiger partial charge on any atom is 0.175 e. The topological polar surface area (TPSA) is 124 Å². The summed E-state index contributed by atoms with van der Waals surface area (Å²) in [6, 6.07) is 5.97. The Morgan fingerprint density at radius 3 is 2.17 bits per heavy atom. The molecule has 0 saturated carbocycles. The number of carbonyl (C=O) groups is 1. The Morgan fingerprint density at radius 1 is 1.22 bits per heavy atom. The van der Waals surface area contributed by atoms with Crippen molar-refractivity contribution in [2.45, 2.75) is 33.8 Å². The standard InChI is InChI=1S/C17H20N4O2/c1-11(2)23-6-5-12(3)17(10-20)15(21)14(7-22)13(4)16(17,8-18)9-19/h5-7,11-13H,21H2,1-4H3/b6-5+/t12-,13+,17+/m0/s1. The van der Waals surface area contributed by atoms with E-state index in [1.54, 1.807) is 19.9 Å². The van der Waals surface area contributed by atoms with Gasteiger partial charge in [-0.15, -0.1) is 0 Å². The number of hydrogen-bond donors (Lipinski definition) is 1. The Balaban J connectivity index is 3.57. The van der Waals surface area contributed by atoms with Crippen LogP contribution in [0.1, 0.15) is 27.7 Å². The van der Waals surface area contributed by atoms with E-state index in [4.69, 9.17) is 10.5 Å². The molecule has 6 heteroatoms. The number of nitriles is 3. The average molecular weight is 312 g/mol. The fourth-order valence-electron chi connectivity index (χ4n) is 3.13. The van der Waals surface area contributed by atoms with Gasteiger partial charge in [0.2, 0.25) is 0 Å². The first-order valence-corrected chi connectivity index (χ1v) is 7.30. The lowest BCUT2D eigenvalue weighted by Crippen LogP contribution is -2.46. The molecule has 0 radical (unpaired) electrons. The summed E-state index contributed by atoms with van der Waals surface area (Å²) < 4.78 is 5.33. The summed E-state index contributed by atoms with van der Waals surface area (Å²) in [5, 5.41) is 29.2. The molecular weight excluding hydrogens is 292 g/mol. The third-order valence-corrected chi connectivity index (χ3v) is 4.53. The lowest BCUT2D eigenvalue weighted by atomic mass is 9.58. The molecule has 0 fully saturated rings. The SMILES string of the molecule is CC(C)O/C=C/[C@H](C)[C@]1(C#N)C(N)=C(C=O)[C@@H](C)C1(C#N)C#N. The Kier molecular flexibility index (Phi) is 5.20. The van der Waals surface area contributed by atoms with Crippen LogP contribution in [0.4, 0.5) is 0 Å². The van der Waals surface area contributed by atoms with Gasteiger partial charge in [-0.3, -0.25) is 4.79 Å². The van der Waals surface area contributed by atoms with Crippen LogP contribution >= 0.6 is 0 Å². The molecule has 0 aliphatic heterocycles. The van der Waals surface area contributed by atoms with Crippen molar-refractivity contribution in [3.8, 4) is 18.2 Å². The van der Waals surface area contributed by atoms with Crippen molar-refractivity contribution in [3.63, 3.8) is 0 Å². The lowest BCUT2D eigenvalue weighted by Gasteiger charge is -2.37. The quantitative estimate of drug-likeness (QED) is 0.612. The second-order valence-corrected chi connectivity index (χ2v) is 5.96. The van der Waals surface area contributed by atoms with Crippen LogP contribution in [0.25, 0.3) is 0 Å². The molecule has 23 heavy (non-hydrogen) atoms. The predicted octanol–water partition coefficient (Wildman–Crippen LogP) is 2.17. The first-order chi connectivity index (χ1) is 10.8. The molecule has 0 aromatic rings. The summed E-state index contributed by atoms with van der Waals surface area (Å²) in [6.45, 7) is 6.95. The Bertz CT molecular complexity index is 658. The minimum Gasteiger partial charge on any atom is -0.499 e. The number of rotatable bonds is 5. The molecule has 1 rings (SSSR count). The smallest absolute Gasteiger partial charge is 0.175 e. The van der Waals surface area contributed by atoms with Gasteiger partial charge in [0.15, 0.2) is 5.41 Å². The van der Waals surface area contributed by atoms with Gasteiger partial charge in [-0.25, -0.2) is 0 Å². The molecule has 0 aromatic carbocycles. The third-order valence-electron chi connectivity index (χ3n) is 4.53. The van der Waals surface area contributed by atoms with Crippen molar-refractivity contribution in [1.82, 2.24) is 0 Å². The molecule has 120 valence electrons. The number of aldehydes is 1. The molecule has 2 N–H and O–H groups in total. The van der Waals surface area contributed by atoms with E-state index in [0.29, 0.717) is 6.29 Å². The molecule has 0 bridgehead atoms. The zero-order valence-corrected chi connectivity index (χ0v) is 13.7. The Morgan fingerprint density at radius 2 is 1.78 bits per heavy atom. The van der Waals surface area contributed by atoms with E-state index in [2.05, 4.69) is 6.07 Å². The normalized spacial score (nSPS) is 27.3. The van der Waals surface area contributed by atoms with E-state index in [9.17, 15) is 20.6 Å². The van der Waals surface area contributed by atoms with E-state index in [1.165, 1.54) is 6.26 Å². The van der Waals surface area contributed by atoms with Crippen LogP contribution in [0, 0.1) is 56.7 Å². The lowest BCUT2D eigenvalue weighted by molar-refractivity contribution is -0.105. The summed E-state index contributed by atoms with van der Waals surface area (Å²) >= 11 is 0. The third kappa shape index (κ3) is 2.35. The van der Waals surface area contributed by atoms with Crippen molar-refractivity contribution in [2.24, 2.45) is 28.4 Å². The van der Waals surface area contributed by atoms with Crippen molar-refractivity contribution < 1.29 is 9.53 Å². The zero-order chi connectivity index (χ0) is 17.8. The predicted molar refractivity (Wildman–Crippen MR) is 82.7 cm³/mol. The summed E-state index contributed by atoms with van der Waals surface area (Å²) in [5.74, 6) is -1.35. The van der Waals surface area contributed by atoms with Crippen LogP contribution in [-0.4, -0.2) is 12.4 Å². The van der Waals surface area contributed by atoms with Crippen LogP contribution in [0.2, 0.25) is 0 Å². The van der Waals surface area contributed by atoms with Gasteiger partial charge in [-0.1, -0.05) is 13.8 Å². The van der Waals surface area contributed by atoms with Crippen molar-refractivity contribution >= 4 is 6.29 Å². The minimum atomic E-state index is -1.73. The van der Waals surface area contributed by atoms with E-state index in [0.717, 1.165) is 0 Å². The molecule has 1 aliphatic carbocycles. The van der Waals surface area contributed by atoms with Crippen molar-refractivity contribution in [3.05, 3.63) is 23.6 Å². The highest BCUT2D eigenvalue weighted by molar-refractivity contribution is 5.79. The molecule has 6 nitrogen and oxygen atoms in total. The first-order valence-electron chi connectivity index (χ1n) is 7.30. The van der Waals surface area contributed by atoms with E-state index in [1.807, 2.05) is 26.0 Å². The van der Waals surface area contributed by atoms with Gasteiger partial charge in [-0.05, 0) is 19.9 Å². The summed E-state index contributed by atoms with van der Waals surface area (Å²) in [4.78, 5) is 11.4. The number of nitrogens with two attached hydrogens (primary N) is 1. The molecule has 0 spiro atoms. The van der Waals surface area contributed by atoms with Gasteiger partial charge >= 0.3 is 0 Å².